The molecule has 8 nitrogen and oxygen atoms in total. The van der Waals surface area contributed by atoms with E-state index in [0.29, 0.717) is 29.9 Å². The van der Waals surface area contributed by atoms with Crippen molar-refractivity contribution in [1.82, 2.24) is 25.1 Å². The van der Waals surface area contributed by atoms with Gasteiger partial charge < -0.3 is 15.4 Å². The van der Waals surface area contributed by atoms with Crippen LogP contribution in [0, 0.1) is 30.0 Å². The SMILES string of the molecule is CN[C@H]1CC[C@H](COc2nc(Nc3cn(C(C)(C)C#N)nc3C)ncc2F)CC1. The molecule has 3 rings (SSSR count). The average Bonchev–Trinajstić information content (AvgIpc) is 3.10. The average molecular weight is 401 g/mol. The minimum atomic E-state index is -0.783. The molecule has 1 aliphatic carbocycles. The summed E-state index contributed by atoms with van der Waals surface area (Å²) in [6.45, 7) is 5.80. The van der Waals surface area contributed by atoms with E-state index in [1.165, 1.54) is 0 Å². The van der Waals surface area contributed by atoms with E-state index in [2.05, 4.69) is 31.8 Å². The third-order valence-electron chi connectivity index (χ3n) is 5.41. The molecule has 156 valence electrons. The predicted octanol–water partition coefficient (Wildman–Crippen LogP) is 3.28. The van der Waals surface area contributed by atoms with Gasteiger partial charge in [-0.3, -0.25) is 4.68 Å². The summed E-state index contributed by atoms with van der Waals surface area (Å²) in [4.78, 5) is 8.18. The maximum absolute atomic E-state index is 14.1. The second kappa shape index (κ2) is 8.74. The normalized spacial score (nSPS) is 19.6. The third kappa shape index (κ3) is 5.01. The van der Waals surface area contributed by atoms with Crippen LogP contribution in [0.3, 0.4) is 0 Å². The first kappa shape index (κ1) is 21.0. The minimum Gasteiger partial charge on any atom is -0.475 e. The van der Waals surface area contributed by atoms with Crippen molar-refractivity contribution in [2.45, 2.75) is 58.0 Å². The summed E-state index contributed by atoms with van der Waals surface area (Å²) < 4.78 is 21.4. The number of nitrogens with one attached hydrogen (secondary N) is 2. The van der Waals surface area contributed by atoms with Gasteiger partial charge in [0.05, 0.1) is 36.5 Å². The number of ether oxygens (including phenoxy) is 1. The van der Waals surface area contributed by atoms with Gasteiger partial charge in [-0.05, 0) is 59.4 Å². The highest BCUT2D eigenvalue weighted by Gasteiger charge is 2.23. The number of hydrogen-bond donors (Lipinski definition) is 2. The topological polar surface area (TPSA) is 101 Å². The van der Waals surface area contributed by atoms with Crippen molar-refractivity contribution in [2.24, 2.45) is 5.92 Å². The van der Waals surface area contributed by atoms with Crippen LogP contribution in [-0.2, 0) is 5.54 Å². The molecule has 0 spiro atoms. The monoisotopic (exact) mass is 401 g/mol. The van der Waals surface area contributed by atoms with E-state index >= 15 is 0 Å². The first-order chi connectivity index (χ1) is 13.8. The molecule has 1 saturated carbocycles. The highest BCUT2D eigenvalue weighted by Crippen LogP contribution is 2.26. The Labute approximate surface area is 170 Å². The van der Waals surface area contributed by atoms with Gasteiger partial charge in [0.25, 0.3) is 5.88 Å². The fraction of sp³-hybridized carbons (Fsp3) is 0.600. The lowest BCUT2D eigenvalue weighted by Crippen LogP contribution is -2.31. The summed E-state index contributed by atoms with van der Waals surface area (Å²) in [6.07, 6.45) is 7.12. The third-order valence-corrected chi connectivity index (χ3v) is 5.41. The molecule has 9 heteroatoms. The van der Waals surface area contributed by atoms with E-state index in [9.17, 15) is 9.65 Å². The quantitative estimate of drug-likeness (QED) is 0.734. The second-order valence-corrected chi connectivity index (χ2v) is 8.03. The Morgan fingerprint density at radius 2 is 2.07 bits per heavy atom. The van der Waals surface area contributed by atoms with Gasteiger partial charge in [0, 0.05) is 6.04 Å². The highest BCUT2D eigenvalue weighted by molar-refractivity contribution is 5.55. The molecule has 0 atom stereocenters. The van der Waals surface area contributed by atoms with Crippen LogP contribution >= 0.6 is 0 Å². The number of aromatic nitrogens is 4. The standard InChI is InChI=1S/C20H28FN7O/c1-13-17(10-28(27-13)20(2,3)12-22)25-19-24-9-16(21)18(26-19)29-11-14-5-7-15(23-4)8-6-14/h9-10,14-15,23H,5-8,11H2,1-4H3,(H,24,25,26)/t14-,15-. The smallest absolute Gasteiger partial charge is 0.255 e. The highest BCUT2D eigenvalue weighted by atomic mass is 19.1. The summed E-state index contributed by atoms with van der Waals surface area (Å²) in [5.41, 5.74) is 0.552. The molecule has 0 unspecified atom stereocenters. The molecule has 2 aromatic heterocycles. The van der Waals surface area contributed by atoms with Crippen molar-refractivity contribution >= 4 is 11.6 Å². The molecule has 1 fully saturated rings. The van der Waals surface area contributed by atoms with Gasteiger partial charge in [-0.1, -0.05) is 0 Å². The lowest BCUT2D eigenvalue weighted by atomic mass is 9.87. The fourth-order valence-corrected chi connectivity index (χ4v) is 3.37. The molecule has 0 radical (unpaired) electrons. The maximum atomic E-state index is 14.1. The first-order valence-electron chi connectivity index (χ1n) is 9.90. The second-order valence-electron chi connectivity index (χ2n) is 8.03. The van der Waals surface area contributed by atoms with Crippen LogP contribution < -0.4 is 15.4 Å². The summed E-state index contributed by atoms with van der Waals surface area (Å²) >= 11 is 0. The predicted molar refractivity (Wildman–Crippen MR) is 107 cm³/mol. The number of rotatable bonds is 7. The van der Waals surface area contributed by atoms with Gasteiger partial charge in [-0.2, -0.15) is 19.7 Å². The molecule has 0 aromatic carbocycles. The molecule has 0 bridgehead atoms. The zero-order valence-electron chi connectivity index (χ0n) is 17.4. The van der Waals surface area contributed by atoms with Crippen LogP contribution in [0.5, 0.6) is 5.88 Å². The summed E-state index contributed by atoms with van der Waals surface area (Å²) in [6, 6.07) is 2.76. The van der Waals surface area contributed by atoms with Crippen LogP contribution in [0.1, 0.15) is 45.2 Å². The van der Waals surface area contributed by atoms with E-state index in [0.717, 1.165) is 31.9 Å². The molecule has 2 heterocycles. The molecule has 2 aromatic rings. The first-order valence-corrected chi connectivity index (χ1v) is 9.90. The van der Waals surface area contributed by atoms with Crippen LogP contribution in [0.25, 0.3) is 0 Å². The van der Waals surface area contributed by atoms with Crippen molar-refractivity contribution in [3.05, 3.63) is 23.9 Å². The Kier molecular flexibility index (Phi) is 6.33. The van der Waals surface area contributed by atoms with Crippen molar-refractivity contribution in [3.63, 3.8) is 0 Å². The van der Waals surface area contributed by atoms with Crippen molar-refractivity contribution in [2.75, 3.05) is 19.0 Å². The Hall–Kier alpha value is -2.73. The number of nitrogens with zero attached hydrogens (tertiary/aromatic N) is 5. The lowest BCUT2D eigenvalue weighted by Gasteiger charge is -2.27. The van der Waals surface area contributed by atoms with E-state index in [1.54, 1.807) is 24.7 Å². The van der Waals surface area contributed by atoms with Gasteiger partial charge >= 0.3 is 0 Å². The van der Waals surface area contributed by atoms with Gasteiger partial charge in [0.2, 0.25) is 11.8 Å². The van der Waals surface area contributed by atoms with Crippen LogP contribution in [0.4, 0.5) is 16.0 Å². The number of aryl methyl sites for hydroxylation is 1. The van der Waals surface area contributed by atoms with Crippen LogP contribution in [-0.4, -0.2) is 39.4 Å². The molecule has 0 amide bonds. The molecular weight excluding hydrogens is 373 g/mol. The van der Waals surface area contributed by atoms with Crippen molar-refractivity contribution < 1.29 is 9.13 Å². The largest absolute Gasteiger partial charge is 0.475 e. The molecular formula is C20H28FN7O. The number of halogens is 1. The molecule has 1 aliphatic rings. The minimum absolute atomic E-state index is 0.0550. The number of hydrogen-bond acceptors (Lipinski definition) is 7. The zero-order valence-corrected chi connectivity index (χ0v) is 17.4. The van der Waals surface area contributed by atoms with Crippen LogP contribution in [0.15, 0.2) is 12.4 Å². The van der Waals surface area contributed by atoms with Gasteiger partial charge in [0.15, 0.2) is 0 Å². The van der Waals surface area contributed by atoms with Crippen molar-refractivity contribution in [1.29, 1.82) is 5.26 Å². The van der Waals surface area contributed by atoms with E-state index in [1.807, 2.05) is 14.0 Å². The number of anilines is 2. The zero-order chi connectivity index (χ0) is 21.0. The molecule has 2 N–H and O–H groups in total. The van der Waals surface area contributed by atoms with Crippen LogP contribution in [0.2, 0.25) is 0 Å². The van der Waals surface area contributed by atoms with E-state index < -0.39 is 11.4 Å². The van der Waals surface area contributed by atoms with E-state index in [4.69, 9.17) is 4.74 Å². The summed E-state index contributed by atoms with van der Waals surface area (Å²) in [5, 5.41) is 20.0. The fourth-order valence-electron chi connectivity index (χ4n) is 3.37. The van der Waals surface area contributed by atoms with Gasteiger partial charge in [-0.25, -0.2) is 4.98 Å². The Morgan fingerprint density at radius 1 is 1.34 bits per heavy atom. The summed E-state index contributed by atoms with van der Waals surface area (Å²) in [5.74, 6) is -0.0186. The Bertz CT molecular complexity index is 881. The molecule has 29 heavy (non-hydrogen) atoms. The molecule has 0 saturated heterocycles. The van der Waals surface area contributed by atoms with E-state index in [-0.39, 0.29) is 11.8 Å². The lowest BCUT2D eigenvalue weighted by molar-refractivity contribution is 0.183. The van der Waals surface area contributed by atoms with Crippen molar-refractivity contribution in [3.8, 4) is 11.9 Å². The summed E-state index contributed by atoms with van der Waals surface area (Å²) in [7, 11) is 1.99. The van der Waals surface area contributed by atoms with Gasteiger partial charge in [-0.15, -0.1) is 0 Å². The van der Waals surface area contributed by atoms with Gasteiger partial charge in [0.1, 0.15) is 5.54 Å². The Balaban J connectivity index is 1.66. The maximum Gasteiger partial charge on any atom is 0.255 e. The Morgan fingerprint density at radius 3 is 2.72 bits per heavy atom. The number of nitriles is 1. The molecule has 0 aliphatic heterocycles.